The van der Waals surface area contributed by atoms with Crippen molar-refractivity contribution in [1.29, 1.82) is 5.26 Å². The summed E-state index contributed by atoms with van der Waals surface area (Å²) in [7, 11) is 1.64. The smallest absolute Gasteiger partial charge is 0.118 e. The van der Waals surface area contributed by atoms with Gasteiger partial charge in [-0.05, 0) is 48.9 Å². The number of H-pyrrole nitrogens is 1. The van der Waals surface area contributed by atoms with Crippen molar-refractivity contribution in [2.24, 2.45) is 0 Å². The average molecular weight is 300 g/mol. The first-order chi connectivity index (χ1) is 11.2. The first-order valence-corrected chi connectivity index (χ1v) is 7.25. The van der Waals surface area contributed by atoms with Gasteiger partial charge in [0.25, 0.3) is 0 Å². The van der Waals surface area contributed by atoms with Crippen molar-refractivity contribution < 1.29 is 4.74 Å². The Morgan fingerprint density at radius 3 is 2.52 bits per heavy atom. The number of fused-ring (bicyclic) bond motifs is 1. The molecular formula is C20H16N2O. The number of rotatable bonds is 3. The summed E-state index contributed by atoms with van der Waals surface area (Å²) in [5, 5.41) is 10.5. The van der Waals surface area contributed by atoms with Crippen LogP contribution in [0.25, 0.3) is 27.7 Å². The molecule has 0 saturated carbocycles. The molecule has 0 unspecified atom stereocenters. The third-order valence-corrected chi connectivity index (χ3v) is 3.87. The second kappa shape index (κ2) is 5.88. The molecule has 2 aromatic carbocycles. The molecule has 1 heterocycles. The largest absolute Gasteiger partial charge is 0.497 e. The monoisotopic (exact) mass is 300 g/mol. The summed E-state index contributed by atoms with van der Waals surface area (Å²) in [5.74, 6) is 0.794. The van der Waals surface area contributed by atoms with Crippen LogP contribution < -0.4 is 4.74 Å². The van der Waals surface area contributed by atoms with Crippen molar-refractivity contribution in [2.75, 3.05) is 7.11 Å². The fourth-order valence-electron chi connectivity index (χ4n) is 2.72. The van der Waals surface area contributed by atoms with E-state index < -0.39 is 0 Å². The van der Waals surface area contributed by atoms with Crippen molar-refractivity contribution in [1.82, 2.24) is 4.98 Å². The lowest BCUT2D eigenvalue weighted by Crippen LogP contribution is -1.87. The lowest BCUT2D eigenvalue weighted by molar-refractivity contribution is 0.415. The highest BCUT2D eigenvalue weighted by molar-refractivity contribution is 6.03. The molecule has 0 radical (unpaired) electrons. The molecule has 0 aliphatic rings. The number of hydrogen-bond acceptors (Lipinski definition) is 2. The third-order valence-electron chi connectivity index (χ3n) is 3.87. The molecule has 112 valence electrons. The number of aromatic amines is 1. The Morgan fingerprint density at radius 1 is 1.17 bits per heavy atom. The Hall–Kier alpha value is -3.21. The molecule has 0 amide bonds. The summed E-state index contributed by atoms with van der Waals surface area (Å²) in [6.07, 6.45) is 0. The molecule has 0 aliphatic carbocycles. The lowest BCUT2D eigenvalue weighted by atomic mass is 9.99. The number of hydrogen-bond donors (Lipinski definition) is 1. The highest BCUT2D eigenvalue weighted by atomic mass is 16.5. The predicted octanol–water partition coefficient (Wildman–Crippen LogP) is 4.84. The number of ether oxygens (including phenoxy) is 1. The SMILES string of the molecule is C=C=C(C#N)c1c(-c2ccc(OC)cc2)[nH]c2ccc(C)cc12. The zero-order valence-electron chi connectivity index (χ0n) is 13.1. The van der Waals surface area contributed by atoms with E-state index in [1.165, 1.54) is 0 Å². The van der Waals surface area contributed by atoms with Crippen LogP contribution in [0.2, 0.25) is 0 Å². The molecule has 0 aliphatic heterocycles. The first-order valence-electron chi connectivity index (χ1n) is 7.25. The van der Waals surface area contributed by atoms with E-state index in [0.717, 1.165) is 39.0 Å². The molecule has 1 aromatic heterocycles. The zero-order valence-corrected chi connectivity index (χ0v) is 13.1. The highest BCUT2D eigenvalue weighted by Crippen LogP contribution is 2.35. The number of methoxy groups -OCH3 is 1. The summed E-state index contributed by atoms with van der Waals surface area (Å²) < 4.78 is 5.21. The van der Waals surface area contributed by atoms with E-state index in [0.29, 0.717) is 5.57 Å². The van der Waals surface area contributed by atoms with Gasteiger partial charge >= 0.3 is 0 Å². The molecule has 0 bridgehead atoms. The van der Waals surface area contributed by atoms with Gasteiger partial charge < -0.3 is 9.72 Å². The van der Waals surface area contributed by atoms with E-state index in [4.69, 9.17) is 4.74 Å². The quantitative estimate of drug-likeness (QED) is 0.555. The van der Waals surface area contributed by atoms with E-state index in [9.17, 15) is 5.26 Å². The van der Waals surface area contributed by atoms with Crippen LogP contribution >= 0.6 is 0 Å². The second-order valence-electron chi connectivity index (χ2n) is 5.32. The Kier molecular flexibility index (Phi) is 3.76. The maximum Gasteiger partial charge on any atom is 0.118 e. The van der Waals surface area contributed by atoms with Crippen LogP contribution in [0, 0.1) is 18.3 Å². The lowest BCUT2D eigenvalue weighted by Gasteiger charge is -2.05. The minimum atomic E-state index is 0.438. The van der Waals surface area contributed by atoms with Crippen LogP contribution in [-0.4, -0.2) is 12.1 Å². The van der Waals surface area contributed by atoms with Gasteiger partial charge in [-0.2, -0.15) is 5.26 Å². The van der Waals surface area contributed by atoms with E-state index in [1.54, 1.807) is 7.11 Å². The Labute approximate surface area is 135 Å². The predicted molar refractivity (Wildman–Crippen MR) is 93.2 cm³/mol. The average Bonchev–Trinajstić information content (AvgIpc) is 2.95. The van der Waals surface area contributed by atoms with Crippen LogP contribution in [0.1, 0.15) is 11.1 Å². The minimum Gasteiger partial charge on any atom is -0.497 e. The number of nitrogens with one attached hydrogen (secondary N) is 1. The topological polar surface area (TPSA) is 48.8 Å². The van der Waals surface area contributed by atoms with Gasteiger partial charge in [-0.25, -0.2) is 0 Å². The van der Waals surface area contributed by atoms with Gasteiger partial charge in [0.2, 0.25) is 0 Å². The Bertz CT molecular complexity index is 965. The van der Waals surface area contributed by atoms with Crippen LogP contribution in [0.4, 0.5) is 0 Å². The molecular weight excluding hydrogens is 284 g/mol. The Morgan fingerprint density at radius 2 is 1.91 bits per heavy atom. The molecule has 3 heteroatoms. The van der Waals surface area contributed by atoms with Gasteiger partial charge in [-0.1, -0.05) is 18.2 Å². The van der Waals surface area contributed by atoms with Gasteiger partial charge in [-0.3, -0.25) is 0 Å². The van der Waals surface area contributed by atoms with E-state index in [1.807, 2.05) is 43.3 Å². The summed E-state index contributed by atoms with van der Waals surface area (Å²) in [4.78, 5) is 3.41. The standard InChI is InChI=1S/C20H16N2O/c1-4-14(12-21)19-17-11-13(2)5-10-18(17)22-20(19)15-6-8-16(23-3)9-7-15/h5-11,22H,1H2,2-3H3. The number of nitriles is 1. The molecule has 0 saturated heterocycles. The number of aryl methyl sites for hydroxylation is 1. The number of nitrogens with zero attached hydrogens (tertiary/aromatic N) is 1. The van der Waals surface area contributed by atoms with Crippen LogP contribution in [0.5, 0.6) is 5.75 Å². The molecule has 3 nitrogen and oxygen atoms in total. The van der Waals surface area contributed by atoms with Gasteiger partial charge in [0.15, 0.2) is 0 Å². The Balaban J connectivity index is 2.33. The highest BCUT2D eigenvalue weighted by Gasteiger charge is 2.17. The van der Waals surface area contributed by atoms with E-state index in [-0.39, 0.29) is 0 Å². The minimum absolute atomic E-state index is 0.438. The molecule has 3 aromatic rings. The van der Waals surface area contributed by atoms with Gasteiger partial charge in [0.05, 0.1) is 12.8 Å². The fourth-order valence-corrected chi connectivity index (χ4v) is 2.72. The maximum atomic E-state index is 9.46. The molecule has 0 atom stereocenters. The van der Waals surface area contributed by atoms with Gasteiger partial charge in [0.1, 0.15) is 17.4 Å². The summed E-state index contributed by atoms with van der Waals surface area (Å²) in [6, 6.07) is 16.1. The first kappa shape index (κ1) is 14.7. The van der Waals surface area contributed by atoms with Gasteiger partial charge in [-0.15, -0.1) is 5.73 Å². The second-order valence-corrected chi connectivity index (χ2v) is 5.32. The van der Waals surface area contributed by atoms with E-state index in [2.05, 4.69) is 29.4 Å². The summed E-state index contributed by atoms with van der Waals surface area (Å²) in [5.41, 5.74) is 8.03. The normalized spacial score (nSPS) is 10.1. The summed E-state index contributed by atoms with van der Waals surface area (Å²) >= 11 is 0. The molecule has 0 spiro atoms. The van der Waals surface area contributed by atoms with Crippen molar-refractivity contribution in [2.45, 2.75) is 6.92 Å². The van der Waals surface area contributed by atoms with Crippen molar-refractivity contribution in [3.05, 3.63) is 65.9 Å². The molecule has 23 heavy (non-hydrogen) atoms. The summed E-state index contributed by atoms with van der Waals surface area (Å²) in [6.45, 7) is 5.70. The molecule has 1 N–H and O–H groups in total. The third kappa shape index (κ3) is 2.53. The van der Waals surface area contributed by atoms with Gasteiger partial charge in [0, 0.05) is 16.5 Å². The molecule has 0 fully saturated rings. The fraction of sp³-hybridized carbons (Fsp3) is 0.100. The van der Waals surface area contributed by atoms with Crippen molar-refractivity contribution >= 4 is 16.5 Å². The van der Waals surface area contributed by atoms with Crippen LogP contribution in [0.15, 0.2) is 54.8 Å². The maximum absolute atomic E-state index is 9.46. The molecule has 3 rings (SSSR count). The number of allylic oxidation sites excluding steroid dienone is 1. The van der Waals surface area contributed by atoms with Crippen LogP contribution in [-0.2, 0) is 0 Å². The van der Waals surface area contributed by atoms with Crippen molar-refractivity contribution in [3.63, 3.8) is 0 Å². The number of benzene rings is 2. The van der Waals surface area contributed by atoms with E-state index >= 15 is 0 Å². The zero-order chi connectivity index (χ0) is 16.4. The van der Waals surface area contributed by atoms with Crippen LogP contribution in [0.3, 0.4) is 0 Å². The number of aromatic nitrogens is 1. The van der Waals surface area contributed by atoms with Crippen molar-refractivity contribution in [3.8, 4) is 23.1 Å².